The van der Waals surface area contributed by atoms with Gasteiger partial charge in [-0.05, 0) is 50.1 Å². The Kier molecular flexibility index (Phi) is 7.46. The molecule has 2 amide bonds. The molecule has 0 spiro atoms. The lowest BCUT2D eigenvalue weighted by Gasteiger charge is -2.11. The van der Waals surface area contributed by atoms with Crippen molar-refractivity contribution in [2.75, 3.05) is 17.2 Å². The fourth-order valence-corrected chi connectivity index (χ4v) is 1.92. The van der Waals surface area contributed by atoms with Gasteiger partial charge in [-0.1, -0.05) is 13.3 Å². The number of hydrogen-bond donors (Lipinski definition) is 3. The van der Waals surface area contributed by atoms with Crippen molar-refractivity contribution in [3.05, 3.63) is 23.8 Å². The van der Waals surface area contributed by atoms with Gasteiger partial charge in [0.1, 0.15) is 0 Å². The smallest absolute Gasteiger partial charge is 0.224 e. The molecule has 0 bridgehead atoms. The van der Waals surface area contributed by atoms with Gasteiger partial charge in [0.15, 0.2) is 0 Å². The van der Waals surface area contributed by atoms with Crippen LogP contribution in [0.2, 0.25) is 0 Å². The highest BCUT2D eigenvalue weighted by atomic mass is 16.2. The zero-order valence-corrected chi connectivity index (χ0v) is 12.9. The van der Waals surface area contributed by atoms with Gasteiger partial charge >= 0.3 is 0 Å². The zero-order chi connectivity index (χ0) is 15.7. The first-order valence-corrected chi connectivity index (χ1v) is 7.47. The Hall–Kier alpha value is -1.88. The third-order valence-corrected chi connectivity index (χ3v) is 3.15. The van der Waals surface area contributed by atoms with E-state index in [-0.39, 0.29) is 11.8 Å². The van der Waals surface area contributed by atoms with Crippen molar-refractivity contribution < 1.29 is 9.59 Å². The maximum atomic E-state index is 11.7. The second kappa shape index (κ2) is 9.13. The number of aryl methyl sites for hydroxylation is 1. The summed E-state index contributed by atoms with van der Waals surface area (Å²) in [6, 6.07) is 5.47. The third-order valence-electron chi connectivity index (χ3n) is 3.15. The van der Waals surface area contributed by atoms with Gasteiger partial charge in [-0.15, -0.1) is 0 Å². The van der Waals surface area contributed by atoms with Gasteiger partial charge in [-0.2, -0.15) is 0 Å². The van der Waals surface area contributed by atoms with Crippen molar-refractivity contribution in [3.8, 4) is 0 Å². The Morgan fingerprint density at radius 2 is 1.76 bits per heavy atom. The lowest BCUT2D eigenvalue weighted by Crippen LogP contribution is -2.14. The van der Waals surface area contributed by atoms with Crippen LogP contribution in [0.5, 0.6) is 0 Å². The summed E-state index contributed by atoms with van der Waals surface area (Å²) in [6.45, 7) is 4.47. The van der Waals surface area contributed by atoms with Gasteiger partial charge < -0.3 is 16.4 Å². The Balaban J connectivity index is 2.59. The Morgan fingerprint density at radius 3 is 2.38 bits per heavy atom. The van der Waals surface area contributed by atoms with Crippen molar-refractivity contribution in [2.24, 2.45) is 5.73 Å². The molecule has 0 atom stereocenters. The monoisotopic (exact) mass is 291 g/mol. The Labute approximate surface area is 126 Å². The van der Waals surface area contributed by atoms with Crippen LogP contribution in [0, 0.1) is 6.92 Å². The van der Waals surface area contributed by atoms with E-state index in [1.165, 1.54) is 0 Å². The molecular formula is C16H25N3O2. The van der Waals surface area contributed by atoms with Crippen LogP contribution in [-0.2, 0) is 9.59 Å². The molecule has 5 heteroatoms. The fraction of sp³-hybridized carbons (Fsp3) is 0.500. The molecule has 0 heterocycles. The number of unbranched alkanes of at least 4 members (excludes halogenated alkanes) is 1. The normalized spacial score (nSPS) is 10.2. The summed E-state index contributed by atoms with van der Waals surface area (Å²) in [5.74, 6) is -0.0146. The number of carbonyl (C=O) groups is 2. The molecule has 1 aromatic carbocycles. The van der Waals surface area contributed by atoms with Gasteiger partial charge in [0.05, 0.1) is 0 Å². The van der Waals surface area contributed by atoms with E-state index in [0.717, 1.165) is 29.8 Å². The molecule has 0 saturated carbocycles. The summed E-state index contributed by atoms with van der Waals surface area (Å²) in [4.78, 5) is 23.3. The van der Waals surface area contributed by atoms with Crippen LogP contribution in [0.3, 0.4) is 0 Å². The summed E-state index contributed by atoms with van der Waals surface area (Å²) < 4.78 is 0. The van der Waals surface area contributed by atoms with E-state index >= 15 is 0 Å². The first-order chi connectivity index (χ1) is 10.1. The second-order valence-corrected chi connectivity index (χ2v) is 5.12. The summed E-state index contributed by atoms with van der Waals surface area (Å²) in [6.07, 6.45) is 3.52. The average Bonchev–Trinajstić information content (AvgIpc) is 2.45. The van der Waals surface area contributed by atoms with E-state index in [4.69, 9.17) is 5.73 Å². The molecule has 1 rings (SSSR count). The minimum Gasteiger partial charge on any atom is -0.330 e. The number of anilines is 2. The van der Waals surface area contributed by atoms with E-state index in [1.54, 1.807) is 6.07 Å². The van der Waals surface area contributed by atoms with Crippen molar-refractivity contribution in [1.29, 1.82) is 0 Å². The highest BCUT2D eigenvalue weighted by Crippen LogP contribution is 2.20. The Bertz CT molecular complexity index is 486. The predicted molar refractivity (Wildman–Crippen MR) is 86.3 cm³/mol. The maximum Gasteiger partial charge on any atom is 0.224 e. The van der Waals surface area contributed by atoms with E-state index in [1.807, 2.05) is 19.1 Å². The molecule has 5 nitrogen and oxygen atoms in total. The number of carbonyl (C=O) groups excluding carboxylic acids is 2. The topological polar surface area (TPSA) is 84.2 Å². The molecule has 0 fully saturated rings. The van der Waals surface area contributed by atoms with E-state index in [2.05, 4.69) is 17.6 Å². The van der Waals surface area contributed by atoms with Crippen LogP contribution in [0.4, 0.5) is 11.4 Å². The van der Waals surface area contributed by atoms with Crippen LogP contribution in [0.1, 0.15) is 44.6 Å². The van der Waals surface area contributed by atoms with E-state index < -0.39 is 0 Å². The van der Waals surface area contributed by atoms with E-state index in [0.29, 0.717) is 25.8 Å². The second-order valence-electron chi connectivity index (χ2n) is 5.12. The molecular weight excluding hydrogens is 266 g/mol. The molecule has 0 unspecified atom stereocenters. The maximum absolute atomic E-state index is 11.7. The average molecular weight is 291 g/mol. The SMILES string of the molecule is CCCCC(=O)Nc1ccc(NC(=O)CCCN)cc1C. The van der Waals surface area contributed by atoms with Gasteiger partial charge in [0.25, 0.3) is 0 Å². The number of rotatable bonds is 8. The molecule has 0 aliphatic heterocycles. The van der Waals surface area contributed by atoms with Crippen molar-refractivity contribution in [2.45, 2.75) is 46.0 Å². The fourth-order valence-electron chi connectivity index (χ4n) is 1.92. The van der Waals surface area contributed by atoms with Crippen LogP contribution >= 0.6 is 0 Å². The highest BCUT2D eigenvalue weighted by Gasteiger charge is 2.07. The number of benzene rings is 1. The minimum absolute atomic E-state index is 0.0275. The third kappa shape index (κ3) is 6.40. The molecule has 0 aliphatic carbocycles. The van der Waals surface area contributed by atoms with Gasteiger partial charge in [0.2, 0.25) is 11.8 Å². The molecule has 0 aliphatic rings. The summed E-state index contributed by atoms with van der Waals surface area (Å²) >= 11 is 0. The van der Waals surface area contributed by atoms with Crippen LogP contribution in [-0.4, -0.2) is 18.4 Å². The molecule has 0 radical (unpaired) electrons. The van der Waals surface area contributed by atoms with Crippen molar-refractivity contribution in [1.82, 2.24) is 0 Å². The first kappa shape index (κ1) is 17.2. The summed E-state index contributed by atoms with van der Waals surface area (Å²) in [5.41, 5.74) is 7.83. The Morgan fingerprint density at radius 1 is 1.10 bits per heavy atom. The first-order valence-electron chi connectivity index (χ1n) is 7.47. The molecule has 21 heavy (non-hydrogen) atoms. The minimum atomic E-state index is -0.0421. The van der Waals surface area contributed by atoms with Crippen LogP contribution in [0.15, 0.2) is 18.2 Å². The quantitative estimate of drug-likeness (QED) is 0.688. The summed E-state index contributed by atoms with van der Waals surface area (Å²) in [7, 11) is 0. The predicted octanol–water partition coefficient (Wildman–Crippen LogP) is 2.80. The summed E-state index contributed by atoms with van der Waals surface area (Å²) in [5, 5.41) is 5.72. The molecule has 0 saturated heterocycles. The number of nitrogens with two attached hydrogens (primary N) is 1. The van der Waals surface area contributed by atoms with Gasteiger partial charge in [-0.3, -0.25) is 9.59 Å². The van der Waals surface area contributed by atoms with Gasteiger partial charge in [-0.25, -0.2) is 0 Å². The van der Waals surface area contributed by atoms with Gasteiger partial charge in [0, 0.05) is 24.2 Å². The number of amides is 2. The molecule has 1 aromatic rings. The number of nitrogens with one attached hydrogen (secondary N) is 2. The van der Waals surface area contributed by atoms with E-state index in [9.17, 15) is 9.59 Å². The lowest BCUT2D eigenvalue weighted by molar-refractivity contribution is -0.117. The van der Waals surface area contributed by atoms with Crippen molar-refractivity contribution >= 4 is 23.2 Å². The number of hydrogen-bond acceptors (Lipinski definition) is 3. The van der Waals surface area contributed by atoms with Crippen molar-refractivity contribution in [3.63, 3.8) is 0 Å². The largest absolute Gasteiger partial charge is 0.330 e. The molecule has 0 aromatic heterocycles. The highest BCUT2D eigenvalue weighted by molar-refractivity contribution is 5.93. The molecule has 4 N–H and O–H groups in total. The standard InChI is InChI=1S/C16H25N3O2/c1-3-4-6-16(21)19-14-9-8-13(11-12(14)2)18-15(20)7-5-10-17/h8-9,11H,3-7,10,17H2,1-2H3,(H,18,20)(H,19,21). The van der Waals surface area contributed by atoms with Crippen LogP contribution in [0.25, 0.3) is 0 Å². The zero-order valence-electron chi connectivity index (χ0n) is 12.9. The van der Waals surface area contributed by atoms with Crippen LogP contribution < -0.4 is 16.4 Å². The molecule has 116 valence electrons. The lowest BCUT2D eigenvalue weighted by atomic mass is 10.1.